The highest BCUT2D eigenvalue weighted by Crippen LogP contribution is 2.27. The molecule has 1 aromatic carbocycles. The number of carbonyl (C=O) groups excluding carboxylic acids is 4. The van der Waals surface area contributed by atoms with Crippen LogP contribution in [0.15, 0.2) is 30.3 Å². The molecular formula is C23H32N4O5. The lowest BCUT2D eigenvalue weighted by atomic mass is 9.87. The van der Waals surface area contributed by atoms with E-state index in [-0.39, 0.29) is 30.9 Å². The fourth-order valence-corrected chi connectivity index (χ4v) is 4.31. The van der Waals surface area contributed by atoms with Crippen molar-refractivity contribution in [2.45, 2.75) is 51.1 Å². The van der Waals surface area contributed by atoms with Crippen LogP contribution in [0, 0.1) is 5.92 Å². The second kappa shape index (κ2) is 11.0. The molecule has 0 radical (unpaired) electrons. The van der Waals surface area contributed by atoms with E-state index in [0.717, 1.165) is 32.1 Å². The lowest BCUT2D eigenvalue weighted by Gasteiger charge is -2.42. The molecule has 4 amide bonds. The highest BCUT2D eigenvalue weighted by Gasteiger charge is 2.40. The van der Waals surface area contributed by atoms with Gasteiger partial charge in [-0.2, -0.15) is 0 Å². The molecule has 1 saturated heterocycles. The van der Waals surface area contributed by atoms with Gasteiger partial charge in [0.05, 0.1) is 13.7 Å². The summed E-state index contributed by atoms with van der Waals surface area (Å²) in [5, 5.41) is 5.46. The Morgan fingerprint density at radius 3 is 2.38 bits per heavy atom. The zero-order valence-corrected chi connectivity index (χ0v) is 18.7. The minimum atomic E-state index is -0.869. The predicted molar refractivity (Wildman–Crippen MR) is 119 cm³/mol. The standard InChI is InChI=1S/C23H32N4O5/c1-16(22(30)32-2)24-20(28)19-15-26(23(31)25-18-11-7-4-8-12-18)13-14-27(19)21(29)17-9-5-3-6-10-17/h4,7-8,11-12,16-17,19H,3,5-6,9-10,13-15H2,1-2H3,(H,24,28)(H,25,31)/t16-,19+/m1/s1. The quantitative estimate of drug-likeness (QED) is 0.676. The van der Waals surface area contributed by atoms with Crippen LogP contribution in [0.25, 0.3) is 0 Å². The van der Waals surface area contributed by atoms with Gasteiger partial charge in [0.25, 0.3) is 0 Å². The van der Waals surface area contributed by atoms with Crippen LogP contribution in [0.1, 0.15) is 39.0 Å². The predicted octanol–water partition coefficient (Wildman–Crippen LogP) is 1.99. The normalized spacial score (nSPS) is 20.2. The molecule has 1 aromatic rings. The molecule has 0 spiro atoms. The third kappa shape index (κ3) is 5.77. The van der Waals surface area contributed by atoms with Crippen LogP contribution in [0.3, 0.4) is 0 Å². The van der Waals surface area contributed by atoms with E-state index in [9.17, 15) is 19.2 Å². The SMILES string of the molecule is COC(=O)[C@@H](C)NC(=O)[C@@H]1CN(C(=O)Nc2ccccc2)CCN1C(=O)C1CCCCC1. The number of nitrogens with zero attached hydrogens (tertiary/aromatic N) is 2. The molecule has 1 aliphatic carbocycles. The number of methoxy groups -OCH3 is 1. The molecule has 3 rings (SSSR count). The van der Waals surface area contributed by atoms with E-state index < -0.39 is 24.0 Å². The molecule has 0 bridgehead atoms. The van der Waals surface area contributed by atoms with Crippen LogP contribution in [0.4, 0.5) is 10.5 Å². The Balaban J connectivity index is 1.73. The van der Waals surface area contributed by atoms with Gasteiger partial charge in [0.15, 0.2) is 0 Å². The number of hydrogen-bond acceptors (Lipinski definition) is 5. The van der Waals surface area contributed by atoms with Gasteiger partial charge >= 0.3 is 12.0 Å². The van der Waals surface area contributed by atoms with Crippen molar-refractivity contribution >= 4 is 29.5 Å². The first-order valence-corrected chi connectivity index (χ1v) is 11.2. The van der Waals surface area contributed by atoms with E-state index in [2.05, 4.69) is 15.4 Å². The first-order valence-electron chi connectivity index (χ1n) is 11.2. The van der Waals surface area contributed by atoms with E-state index in [1.54, 1.807) is 17.0 Å². The Morgan fingerprint density at radius 2 is 1.72 bits per heavy atom. The van der Waals surface area contributed by atoms with Crippen LogP contribution in [-0.4, -0.2) is 72.4 Å². The van der Waals surface area contributed by atoms with Crippen molar-refractivity contribution in [2.24, 2.45) is 5.92 Å². The Labute approximate surface area is 188 Å². The van der Waals surface area contributed by atoms with Gasteiger partial charge < -0.3 is 25.2 Å². The molecular weight excluding hydrogens is 412 g/mol. The summed E-state index contributed by atoms with van der Waals surface area (Å²) in [7, 11) is 1.25. The summed E-state index contributed by atoms with van der Waals surface area (Å²) < 4.78 is 4.69. The second-order valence-electron chi connectivity index (χ2n) is 8.38. The number of anilines is 1. The van der Waals surface area contributed by atoms with E-state index in [4.69, 9.17) is 0 Å². The summed E-state index contributed by atoms with van der Waals surface area (Å²) in [4.78, 5) is 54.0. The molecule has 2 fully saturated rings. The molecule has 1 aliphatic heterocycles. The van der Waals surface area contributed by atoms with Crippen molar-refractivity contribution in [3.63, 3.8) is 0 Å². The summed E-state index contributed by atoms with van der Waals surface area (Å²) in [6.45, 7) is 2.17. The summed E-state index contributed by atoms with van der Waals surface area (Å²) in [5.41, 5.74) is 0.651. The molecule has 2 N–H and O–H groups in total. The molecule has 0 unspecified atom stereocenters. The molecule has 2 atom stereocenters. The molecule has 2 aliphatic rings. The number of amides is 4. The molecule has 1 saturated carbocycles. The number of ether oxygens (including phenoxy) is 1. The first-order chi connectivity index (χ1) is 15.4. The number of urea groups is 1. The Hall–Kier alpha value is -3.10. The number of esters is 1. The monoisotopic (exact) mass is 444 g/mol. The molecule has 32 heavy (non-hydrogen) atoms. The first kappa shape index (κ1) is 23.6. The number of rotatable bonds is 5. The number of nitrogens with one attached hydrogen (secondary N) is 2. The van der Waals surface area contributed by atoms with Gasteiger partial charge in [-0.3, -0.25) is 9.59 Å². The van der Waals surface area contributed by atoms with Crippen molar-refractivity contribution in [1.29, 1.82) is 0 Å². The van der Waals surface area contributed by atoms with Gasteiger partial charge in [0.2, 0.25) is 11.8 Å². The number of hydrogen-bond donors (Lipinski definition) is 2. The summed E-state index contributed by atoms with van der Waals surface area (Å²) in [6.07, 6.45) is 4.77. The number of carbonyl (C=O) groups is 4. The van der Waals surface area contributed by atoms with Crippen molar-refractivity contribution < 1.29 is 23.9 Å². The van der Waals surface area contributed by atoms with E-state index in [1.165, 1.54) is 18.9 Å². The summed E-state index contributed by atoms with van der Waals surface area (Å²) in [6, 6.07) is 7.00. The minimum Gasteiger partial charge on any atom is -0.467 e. The van der Waals surface area contributed by atoms with Crippen molar-refractivity contribution in [2.75, 3.05) is 32.1 Å². The fourth-order valence-electron chi connectivity index (χ4n) is 4.31. The third-order valence-electron chi connectivity index (χ3n) is 6.15. The third-order valence-corrected chi connectivity index (χ3v) is 6.15. The number of piperazine rings is 1. The second-order valence-corrected chi connectivity index (χ2v) is 8.38. The van der Waals surface area contributed by atoms with Crippen LogP contribution in [-0.2, 0) is 19.1 Å². The maximum absolute atomic E-state index is 13.2. The van der Waals surface area contributed by atoms with Gasteiger partial charge in [0.1, 0.15) is 12.1 Å². The zero-order valence-electron chi connectivity index (χ0n) is 18.7. The molecule has 9 nitrogen and oxygen atoms in total. The lowest BCUT2D eigenvalue weighted by molar-refractivity contribution is -0.149. The van der Waals surface area contributed by atoms with Crippen molar-refractivity contribution in [3.8, 4) is 0 Å². The Bertz CT molecular complexity index is 825. The van der Waals surface area contributed by atoms with Crippen molar-refractivity contribution in [1.82, 2.24) is 15.1 Å². The summed E-state index contributed by atoms with van der Waals surface area (Å²) >= 11 is 0. The maximum Gasteiger partial charge on any atom is 0.328 e. The van der Waals surface area contributed by atoms with E-state index >= 15 is 0 Å². The van der Waals surface area contributed by atoms with Crippen molar-refractivity contribution in [3.05, 3.63) is 30.3 Å². The highest BCUT2D eigenvalue weighted by molar-refractivity contribution is 5.94. The minimum absolute atomic E-state index is 0.0429. The molecule has 0 aromatic heterocycles. The molecule has 9 heteroatoms. The van der Waals surface area contributed by atoms with Gasteiger partial charge in [-0.15, -0.1) is 0 Å². The van der Waals surface area contributed by atoms with Gasteiger partial charge in [-0.1, -0.05) is 37.5 Å². The highest BCUT2D eigenvalue weighted by atomic mass is 16.5. The van der Waals surface area contributed by atoms with E-state index in [0.29, 0.717) is 12.2 Å². The molecule has 174 valence electrons. The van der Waals surface area contributed by atoms with Crippen LogP contribution in [0.5, 0.6) is 0 Å². The largest absolute Gasteiger partial charge is 0.467 e. The Morgan fingerprint density at radius 1 is 1.03 bits per heavy atom. The van der Waals surface area contributed by atoms with E-state index in [1.807, 2.05) is 18.2 Å². The van der Waals surface area contributed by atoms with Crippen LogP contribution >= 0.6 is 0 Å². The van der Waals surface area contributed by atoms with Gasteiger partial charge in [0, 0.05) is 24.7 Å². The van der Waals surface area contributed by atoms with Gasteiger partial charge in [-0.05, 0) is 31.9 Å². The number of benzene rings is 1. The van der Waals surface area contributed by atoms with Gasteiger partial charge in [-0.25, -0.2) is 9.59 Å². The zero-order chi connectivity index (χ0) is 23.1. The molecule has 1 heterocycles. The fraction of sp³-hybridized carbons (Fsp3) is 0.565. The smallest absolute Gasteiger partial charge is 0.328 e. The maximum atomic E-state index is 13.2. The lowest BCUT2D eigenvalue weighted by Crippen LogP contribution is -2.63. The summed E-state index contributed by atoms with van der Waals surface area (Å²) in [5.74, 6) is -1.18. The Kier molecular flexibility index (Phi) is 8.08. The van der Waals surface area contributed by atoms with Crippen LogP contribution < -0.4 is 10.6 Å². The topological polar surface area (TPSA) is 108 Å². The number of para-hydroxylation sites is 1. The average Bonchev–Trinajstić information content (AvgIpc) is 2.83. The average molecular weight is 445 g/mol. The van der Waals surface area contributed by atoms with Crippen LogP contribution in [0.2, 0.25) is 0 Å².